The maximum Gasteiger partial charge on any atom is 0.272 e. The number of nitrogens with one attached hydrogen (secondary N) is 3. The van der Waals surface area contributed by atoms with Crippen LogP contribution in [0.5, 0.6) is 0 Å². The Bertz CT molecular complexity index is 1840. The Morgan fingerprint density at radius 2 is 1.68 bits per heavy atom. The van der Waals surface area contributed by atoms with Crippen LogP contribution in [0.15, 0.2) is 95.5 Å². The predicted molar refractivity (Wildman–Crippen MR) is 191 cm³/mol. The maximum atomic E-state index is 13.5. The number of anilines is 2. The van der Waals surface area contributed by atoms with E-state index >= 15 is 0 Å². The van der Waals surface area contributed by atoms with Gasteiger partial charge in [0.05, 0.1) is 10.8 Å². The number of hydrogen-bond donors (Lipinski definition) is 3. The normalized spacial score (nSPS) is 15.1. The van der Waals surface area contributed by atoms with Crippen molar-refractivity contribution in [3.8, 4) is 6.07 Å². The van der Waals surface area contributed by atoms with Crippen LogP contribution in [-0.4, -0.2) is 23.0 Å². The molecule has 1 aliphatic carbocycles. The van der Waals surface area contributed by atoms with Crippen molar-refractivity contribution in [2.45, 2.75) is 57.1 Å². The zero-order valence-electron chi connectivity index (χ0n) is 26.9. The third kappa shape index (κ3) is 8.59. The number of fused-ring (bicyclic) bond motifs is 1. The standard InChI is InChI=1S/C38H38N4O3S2/c1-24(34(43)42-37-31(23-39)30-19-18-27(38(2,3)4)21-33(30)47-37)46-29-17-11-16-28(22-29)40-36(45)32(20-25-12-7-5-8-13-25)41-35(44)26-14-9-6-10-15-26/h5-17,20,22,24,27H,18-19,21H2,1-4H3,(H,40,45)(H,41,44)(H,42,43)/b32-20-. The third-order valence-corrected chi connectivity index (χ3v) is 10.5. The van der Waals surface area contributed by atoms with E-state index in [4.69, 9.17) is 0 Å². The Labute approximate surface area is 284 Å². The number of rotatable bonds is 9. The summed E-state index contributed by atoms with van der Waals surface area (Å²) < 4.78 is 0. The van der Waals surface area contributed by atoms with E-state index in [0.717, 1.165) is 35.3 Å². The molecule has 240 valence electrons. The number of thioether (sulfide) groups is 1. The van der Waals surface area contributed by atoms with Crippen LogP contribution in [-0.2, 0) is 22.4 Å². The molecule has 0 radical (unpaired) electrons. The average molecular weight is 663 g/mol. The Morgan fingerprint density at radius 3 is 2.36 bits per heavy atom. The van der Waals surface area contributed by atoms with Gasteiger partial charge >= 0.3 is 0 Å². The second-order valence-electron chi connectivity index (χ2n) is 12.6. The number of hydrogen-bond acceptors (Lipinski definition) is 6. The lowest BCUT2D eigenvalue weighted by Gasteiger charge is -2.33. The summed E-state index contributed by atoms with van der Waals surface area (Å²) in [6.07, 6.45) is 4.45. The summed E-state index contributed by atoms with van der Waals surface area (Å²) in [6, 6.07) is 27.6. The van der Waals surface area contributed by atoms with E-state index < -0.39 is 17.1 Å². The lowest BCUT2D eigenvalue weighted by atomic mass is 9.72. The molecular formula is C38H38N4O3S2. The Morgan fingerprint density at radius 1 is 0.979 bits per heavy atom. The first-order valence-corrected chi connectivity index (χ1v) is 17.3. The van der Waals surface area contributed by atoms with Crippen molar-refractivity contribution >= 4 is 57.6 Å². The van der Waals surface area contributed by atoms with E-state index in [1.54, 1.807) is 48.5 Å². The van der Waals surface area contributed by atoms with Gasteiger partial charge in [-0.3, -0.25) is 14.4 Å². The summed E-state index contributed by atoms with van der Waals surface area (Å²) in [7, 11) is 0. The molecule has 9 heteroatoms. The molecule has 2 atom stereocenters. The Balaban J connectivity index is 1.26. The Hall–Kier alpha value is -4.65. The summed E-state index contributed by atoms with van der Waals surface area (Å²) in [6.45, 7) is 8.59. The molecule has 0 aliphatic heterocycles. The van der Waals surface area contributed by atoms with Crippen molar-refractivity contribution in [3.63, 3.8) is 0 Å². The molecule has 3 aromatic carbocycles. The van der Waals surface area contributed by atoms with Gasteiger partial charge < -0.3 is 16.0 Å². The van der Waals surface area contributed by atoms with Crippen molar-refractivity contribution in [3.05, 3.63) is 118 Å². The number of thiophene rings is 1. The van der Waals surface area contributed by atoms with Crippen LogP contribution in [0.4, 0.5) is 10.7 Å². The molecule has 3 N–H and O–H groups in total. The molecule has 3 amide bonds. The smallest absolute Gasteiger partial charge is 0.272 e. The largest absolute Gasteiger partial charge is 0.321 e. The van der Waals surface area contributed by atoms with Crippen molar-refractivity contribution in [2.75, 3.05) is 10.6 Å². The van der Waals surface area contributed by atoms with Gasteiger partial charge in [-0.05, 0) is 85.1 Å². The monoisotopic (exact) mass is 662 g/mol. The van der Waals surface area contributed by atoms with Crippen molar-refractivity contribution in [1.82, 2.24) is 5.32 Å². The van der Waals surface area contributed by atoms with E-state index in [-0.39, 0.29) is 17.0 Å². The van der Waals surface area contributed by atoms with Crippen LogP contribution in [0.2, 0.25) is 0 Å². The van der Waals surface area contributed by atoms with Crippen LogP contribution in [0.3, 0.4) is 0 Å². The van der Waals surface area contributed by atoms with Crippen molar-refractivity contribution in [1.29, 1.82) is 5.26 Å². The first-order chi connectivity index (χ1) is 22.5. The molecule has 1 aliphatic rings. The minimum atomic E-state index is -0.481. The highest BCUT2D eigenvalue weighted by molar-refractivity contribution is 8.00. The molecule has 7 nitrogen and oxygen atoms in total. The first kappa shape index (κ1) is 33.7. The second-order valence-corrected chi connectivity index (χ2v) is 15.2. The number of nitrogens with zero attached hydrogens (tertiary/aromatic N) is 1. The van der Waals surface area contributed by atoms with Gasteiger partial charge in [0.15, 0.2) is 0 Å². The highest BCUT2D eigenvalue weighted by Gasteiger charge is 2.32. The topological polar surface area (TPSA) is 111 Å². The molecule has 0 fully saturated rings. The van der Waals surface area contributed by atoms with Gasteiger partial charge in [0.2, 0.25) is 5.91 Å². The van der Waals surface area contributed by atoms with Crippen molar-refractivity contribution < 1.29 is 14.4 Å². The molecule has 4 aromatic rings. The molecule has 47 heavy (non-hydrogen) atoms. The fraction of sp³-hybridized carbons (Fsp3) is 0.263. The zero-order valence-corrected chi connectivity index (χ0v) is 28.6. The van der Waals surface area contributed by atoms with Crippen LogP contribution in [0.25, 0.3) is 6.08 Å². The van der Waals surface area contributed by atoms with Gasteiger partial charge in [0.1, 0.15) is 16.8 Å². The molecule has 2 unspecified atom stereocenters. The first-order valence-electron chi connectivity index (χ1n) is 15.6. The molecule has 1 aromatic heterocycles. The zero-order chi connectivity index (χ0) is 33.6. The highest BCUT2D eigenvalue weighted by atomic mass is 32.2. The van der Waals surface area contributed by atoms with Crippen LogP contribution in [0, 0.1) is 22.7 Å². The molecule has 0 saturated heterocycles. The number of benzene rings is 3. The molecule has 0 saturated carbocycles. The SMILES string of the molecule is CC(Sc1cccc(NC(=O)/C(=C/c2ccccc2)NC(=O)c2ccccc2)c1)C(=O)Nc1sc2c(c1C#N)CCC(C(C)(C)C)C2. The predicted octanol–water partition coefficient (Wildman–Crippen LogP) is 8.30. The van der Waals surface area contributed by atoms with Crippen LogP contribution >= 0.6 is 23.1 Å². The summed E-state index contributed by atoms with van der Waals surface area (Å²) in [5.74, 6) is -0.530. The summed E-state index contributed by atoms with van der Waals surface area (Å²) in [5, 5.41) is 18.8. The second kappa shape index (κ2) is 14.8. The average Bonchev–Trinajstić information content (AvgIpc) is 3.41. The molecular weight excluding hydrogens is 625 g/mol. The maximum absolute atomic E-state index is 13.5. The van der Waals surface area contributed by atoms with E-state index in [2.05, 4.69) is 42.8 Å². The van der Waals surface area contributed by atoms with E-state index in [0.29, 0.717) is 27.7 Å². The van der Waals surface area contributed by atoms with Crippen LogP contribution in [0.1, 0.15) is 66.0 Å². The summed E-state index contributed by atoms with van der Waals surface area (Å²) in [4.78, 5) is 41.7. The minimum absolute atomic E-state index is 0.0941. The van der Waals surface area contributed by atoms with E-state index in [1.165, 1.54) is 28.0 Å². The number of amides is 3. The van der Waals surface area contributed by atoms with E-state index in [9.17, 15) is 19.6 Å². The highest BCUT2D eigenvalue weighted by Crippen LogP contribution is 2.44. The van der Waals surface area contributed by atoms with Gasteiger partial charge in [-0.1, -0.05) is 75.4 Å². The van der Waals surface area contributed by atoms with Gasteiger partial charge in [0, 0.05) is 21.0 Å². The Kier molecular flexibility index (Phi) is 10.6. The van der Waals surface area contributed by atoms with Gasteiger partial charge in [-0.25, -0.2) is 0 Å². The quantitative estimate of drug-likeness (QED) is 0.123. The number of carbonyl (C=O) groups is 3. The minimum Gasteiger partial charge on any atom is -0.321 e. The number of nitriles is 1. The van der Waals surface area contributed by atoms with Gasteiger partial charge in [-0.2, -0.15) is 5.26 Å². The van der Waals surface area contributed by atoms with Crippen molar-refractivity contribution in [2.24, 2.45) is 11.3 Å². The lowest BCUT2D eigenvalue weighted by molar-refractivity contribution is -0.115. The third-order valence-electron chi connectivity index (χ3n) is 8.25. The molecule has 0 bridgehead atoms. The molecule has 1 heterocycles. The molecule has 0 spiro atoms. The van der Waals surface area contributed by atoms with Crippen LogP contribution < -0.4 is 16.0 Å². The fourth-order valence-electron chi connectivity index (χ4n) is 5.51. The van der Waals surface area contributed by atoms with Gasteiger partial charge in [-0.15, -0.1) is 23.1 Å². The van der Waals surface area contributed by atoms with Gasteiger partial charge in [0.25, 0.3) is 11.8 Å². The molecule has 5 rings (SSSR count). The lowest BCUT2D eigenvalue weighted by Crippen LogP contribution is -2.30. The summed E-state index contributed by atoms with van der Waals surface area (Å²) in [5.41, 5.74) is 3.67. The fourth-order valence-corrected chi connectivity index (χ4v) is 7.71. The number of carbonyl (C=O) groups excluding carboxylic acids is 3. The van der Waals surface area contributed by atoms with E-state index in [1.807, 2.05) is 49.4 Å². The summed E-state index contributed by atoms with van der Waals surface area (Å²) >= 11 is 2.88.